The Labute approximate surface area is 117 Å². The third-order valence-electron chi connectivity index (χ3n) is 2.80. The van der Waals surface area contributed by atoms with E-state index in [-0.39, 0.29) is 12.4 Å². The van der Waals surface area contributed by atoms with Gasteiger partial charge in [0.25, 0.3) is 0 Å². The Kier molecular flexibility index (Phi) is 4.63. The minimum absolute atomic E-state index is 0.00561. The molecule has 0 saturated carbocycles. The third kappa shape index (κ3) is 3.86. The first-order valence-corrected chi connectivity index (χ1v) is 7.28. The fraction of sp³-hybridized carbons (Fsp3) is 0.188. The second-order valence-electron chi connectivity index (χ2n) is 4.25. The summed E-state index contributed by atoms with van der Waals surface area (Å²) in [7, 11) is 0. The molecule has 19 heavy (non-hydrogen) atoms. The Balaban J connectivity index is 1.94. The lowest BCUT2D eigenvalue weighted by Gasteiger charge is -2.06. The van der Waals surface area contributed by atoms with Gasteiger partial charge in [-0.05, 0) is 37.4 Å². The molecule has 0 saturated heterocycles. The van der Waals surface area contributed by atoms with E-state index >= 15 is 0 Å². The van der Waals surface area contributed by atoms with E-state index in [1.807, 2.05) is 61.7 Å². The standard InChI is InChI=1S/C16H16O2S/c1-12-3-5-13(6-4-12)16(17)11-18-14-7-9-15(19-2)10-8-14/h3-10H,11H2,1-2H3. The number of carbonyl (C=O) groups excluding carboxylic acids is 1. The summed E-state index contributed by atoms with van der Waals surface area (Å²) >= 11 is 1.68. The molecule has 2 aromatic rings. The average molecular weight is 272 g/mol. The van der Waals surface area contributed by atoms with Gasteiger partial charge in [0.1, 0.15) is 5.75 Å². The van der Waals surface area contributed by atoms with Crippen LogP contribution in [0.5, 0.6) is 5.75 Å². The quantitative estimate of drug-likeness (QED) is 0.608. The van der Waals surface area contributed by atoms with Crippen LogP contribution in [0, 0.1) is 6.92 Å². The van der Waals surface area contributed by atoms with Crippen LogP contribution in [-0.4, -0.2) is 18.6 Å². The van der Waals surface area contributed by atoms with Crippen molar-refractivity contribution < 1.29 is 9.53 Å². The minimum Gasteiger partial charge on any atom is -0.485 e. The van der Waals surface area contributed by atoms with Gasteiger partial charge in [-0.3, -0.25) is 4.79 Å². The minimum atomic E-state index is -0.00561. The third-order valence-corrected chi connectivity index (χ3v) is 3.55. The number of benzene rings is 2. The Hall–Kier alpha value is -1.74. The fourth-order valence-corrected chi connectivity index (χ4v) is 2.05. The predicted octanol–water partition coefficient (Wildman–Crippen LogP) is 3.98. The molecule has 0 amide bonds. The molecule has 0 aliphatic heterocycles. The summed E-state index contributed by atoms with van der Waals surface area (Å²) in [6, 6.07) is 15.3. The molecule has 98 valence electrons. The topological polar surface area (TPSA) is 26.3 Å². The van der Waals surface area contributed by atoms with Gasteiger partial charge in [0, 0.05) is 10.5 Å². The second kappa shape index (κ2) is 6.43. The van der Waals surface area contributed by atoms with Crippen molar-refractivity contribution in [3.05, 3.63) is 59.7 Å². The molecule has 0 aromatic heterocycles. The van der Waals surface area contributed by atoms with Crippen molar-refractivity contribution in [2.24, 2.45) is 0 Å². The number of hydrogen-bond acceptors (Lipinski definition) is 3. The number of carbonyl (C=O) groups is 1. The summed E-state index contributed by atoms with van der Waals surface area (Å²) in [4.78, 5) is 13.1. The van der Waals surface area contributed by atoms with Gasteiger partial charge in [0.2, 0.25) is 0 Å². The van der Waals surface area contributed by atoms with Gasteiger partial charge in [-0.2, -0.15) is 0 Å². The normalized spacial score (nSPS) is 10.2. The van der Waals surface area contributed by atoms with E-state index in [1.165, 1.54) is 4.90 Å². The number of hydrogen-bond donors (Lipinski definition) is 0. The molecule has 0 atom stereocenters. The van der Waals surface area contributed by atoms with Gasteiger partial charge in [-0.25, -0.2) is 0 Å². The first kappa shape index (κ1) is 13.7. The maximum absolute atomic E-state index is 11.9. The predicted molar refractivity (Wildman–Crippen MR) is 79.2 cm³/mol. The van der Waals surface area contributed by atoms with Crippen LogP contribution in [0.15, 0.2) is 53.4 Å². The van der Waals surface area contributed by atoms with Crippen LogP contribution in [0.2, 0.25) is 0 Å². The Bertz CT molecular complexity index is 544. The summed E-state index contributed by atoms with van der Waals surface area (Å²) in [5, 5.41) is 0. The number of thioether (sulfide) groups is 1. The highest BCUT2D eigenvalue weighted by Gasteiger charge is 2.06. The lowest BCUT2D eigenvalue weighted by Crippen LogP contribution is -2.11. The molecule has 0 unspecified atom stereocenters. The first-order valence-electron chi connectivity index (χ1n) is 6.06. The van der Waals surface area contributed by atoms with Gasteiger partial charge in [0.15, 0.2) is 12.4 Å². The van der Waals surface area contributed by atoms with Crippen LogP contribution in [0.3, 0.4) is 0 Å². The maximum atomic E-state index is 11.9. The van der Waals surface area contributed by atoms with Gasteiger partial charge in [0.05, 0.1) is 0 Å². The average Bonchev–Trinajstić information content (AvgIpc) is 2.46. The summed E-state index contributed by atoms with van der Waals surface area (Å²) < 4.78 is 5.49. The van der Waals surface area contributed by atoms with Crippen LogP contribution >= 0.6 is 11.8 Å². The molecule has 0 N–H and O–H groups in total. The first-order chi connectivity index (χ1) is 9.19. The van der Waals surface area contributed by atoms with Crippen molar-refractivity contribution in [1.29, 1.82) is 0 Å². The highest BCUT2D eigenvalue weighted by atomic mass is 32.2. The Morgan fingerprint density at radius 3 is 2.26 bits per heavy atom. The number of aryl methyl sites for hydroxylation is 1. The molecule has 2 rings (SSSR count). The smallest absolute Gasteiger partial charge is 0.200 e. The van der Waals surface area contributed by atoms with Crippen LogP contribution in [0.1, 0.15) is 15.9 Å². The summed E-state index contributed by atoms with van der Waals surface area (Å²) in [6.45, 7) is 2.07. The molecule has 2 aromatic carbocycles. The van der Waals surface area contributed by atoms with Crippen LogP contribution in [-0.2, 0) is 0 Å². The van der Waals surface area contributed by atoms with Crippen molar-refractivity contribution in [2.75, 3.05) is 12.9 Å². The summed E-state index contributed by atoms with van der Waals surface area (Å²) in [6.07, 6.45) is 2.02. The summed E-state index contributed by atoms with van der Waals surface area (Å²) in [5.74, 6) is 0.715. The van der Waals surface area contributed by atoms with Gasteiger partial charge < -0.3 is 4.74 Å². The fourth-order valence-electron chi connectivity index (χ4n) is 1.64. The molecule has 0 bridgehead atoms. The largest absolute Gasteiger partial charge is 0.485 e. The van der Waals surface area contributed by atoms with Crippen molar-refractivity contribution in [1.82, 2.24) is 0 Å². The van der Waals surface area contributed by atoms with E-state index in [4.69, 9.17) is 4.74 Å². The van der Waals surface area contributed by atoms with Crippen molar-refractivity contribution in [3.8, 4) is 5.75 Å². The van der Waals surface area contributed by atoms with Crippen molar-refractivity contribution in [3.63, 3.8) is 0 Å². The van der Waals surface area contributed by atoms with E-state index in [1.54, 1.807) is 11.8 Å². The molecule has 0 fully saturated rings. The zero-order valence-corrected chi connectivity index (χ0v) is 11.9. The number of Topliss-reactive ketones (excluding diaryl/α,β-unsaturated/α-hetero) is 1. The SMILES string of the molecule is CSc1ccc(OCC(=O)c2ccc(C)cc2)cc1. The Morgan fingerprint density at radius 2 is 1.68 bits per heavy atom. The summed E-state index contributed by atoms with van der Waals surface area (Å²) in [5.41, 5.74) is 1.83. The molecular weight excluding hydrogens is 256 g/mol. The number of ether oxygens (including phenoxy) is 1. The van der Waals surface area contributed by atoms with E-state index in [0.717, 1.165) is 11.3 Å². The zero-order chi connectivity index (χ0) is 13.7. The van der Waals surface area contributed by atoms with Crippen LogP contribution in [0.4, 0.5) is 0 Å². The Morgan fingerprint density at radius 1 is 1.05 bits per heavy atom. The number of rotatable bonds is 5. The monoisotopic (exact) mass is 272 g/mol. The highest BCUT2D eigenvalue weighted by molar-refractivity contribution is 7.98. The lowest BCUT2D eigenvalue weighted by atomic mass is 10.1. The zero-order valence-electron chi connectivity index (χ0n) is 11.1. The van der Waals surface area contributed by atoms with E-state index < -0.39 is 0 Å². The van der Waals surface area contributed by atoms with Gasteiger partial charge >= 0.3 is 0 Å². The molecule has 0 spiro atoms. The number of ketones is 1. The molecule has 2 nitrogen and oxygen atoms in total. The van der Waals surface area contributed by atoms with Gasteiger partial charge in [-0.15, -0.1) is 11.8 Å². The van der Waals surface area contributed by atoms with E-state index in [0.29, 0.717) is 5.56 Å². The molecule has 0 aliphatic rings. The molecule has 0 heterocycles. The van der Waals surface area contributed by atoms with E-state index in [9.17, 15) is 4.79 Å². The second-order valence-corrected chi connectivity index (χ2v) is 5.13. The highest BCUT2D eigenvalue weighted by Crippen LogP contribution is 2.19. The van der Waals surface area contributed by atoms with Gasteiger partial charge in [-0.1, -0.05) is 29.8 Å². The lowest BCUT2D eigenvalue weighted by molar-refractivity contribution is 0.0921. The molecule has 3 heteroatoms. The van der Waals surface area contributed by atoms with Crippen LogP contribution < -0.4 is 4.74 Å². The molecule has 0 aliphatic carbocycles. The molecule has 0 radical (unpaired) electrons. The van der Waals surface area contributed by atoms with Crippen LogP contribution in [0.25, 0.3) is 0 Å². The van der Waals surface area contributed by atoms with E-state index in [2.05, 4.69) is 0 Å². The van der Waals surface area contributed by atoms with Crippen molar-refractivity contribution in [2.45, 2.75) is 11.8 Å². The van der Waals surface area contributed by atoms with Crippen molar-refractivity contribution >= 4 is 17.5 Å². The maximum Gasteiger partial charge on any atom is 0.200 e. The molecular formula is C16H16O2S.